The van der Waals surface area contributed by atoms with Crippen LogP contribution in [-0.2, 0) is 11.2 Å². The van der Waals surface area contributed by atoms with Gasteiger partial charge in [-0.25, -0.2) is 14.6 Å². The Morgan fingerprint density at radius 3 is 2.24 bits per heavy atom. The van der Waals surface area contributed by atoms with Crippen molar-refractivity contribution in [3.8, 4) is 5.88 Å². The Morgan fingerprint density at radius 2 is 1.79 bits per heavy atom. The van der Waals surface area contributed by atoms with Crippen molar-refractivity contribution in [2.75, 3.05) is 0 Å². The molecule has 0 aliphatic heterocycles. The largest absolute Gasteiger partial charge is 0.478 e. The van der Waals surface area contributed by atoms with Crippen molar-refractivity contribution in [2.24, 2.45) is 0 Å². The molecule has 9 heteroatoms. The fourth-order valence-corrected chi connectivity index (χ4v) is 1.75. The Labute approximate surface area is 166 Å². The van der Waals surface area contributed by atoms with Crippen molar-refractivity contribution in [1.82, 2.24) is 15.0 Å². The first-order valence-electron chi connectivity index (χ1n) is 8.31. The summed E-state index contributed by atoms with van der Waals surface area (Å²) in [6.07, 6.45) is 5.69. The van der Waals surface area contributed by atoms with E-state index in [9.17, 15) is 14.4 Å². The quantitative estimate of drug-likeness (QED) is 0.622. The van der Waals surface area contributed by atoms with E-state index in [0.29, 0.717) is 0 Å². The third-order valence-corrected chi connectivity index (χ3v) is 3.11. The van der Waals surface area contributed by atoms with E-state index in [0.717, 1.165) is 12.1 Å². The summed E-state index contributed by atoms with van der Waals surface area (Å²) in [5, 5.41) is 16.8. The van der Waals surface area contributed by atoms with E-state index in [1.807, 2.05) is 24.4 Å². The van der Waals surface area contributed by atoms with Gasteiger partial charge in [0.25, 0.3) is 6.47 Å². The summed E-state index contributed by atoms with van der Waals surface area (Å²) in [5.41, 5.74) is 1.22. The number of aryl methyl sites for hydroxylation is 1. The summed E-state index contributed by atoms with van der Waals surface area (Å²) < 4.78 is 4.34. The fraction of sp³-hybridized carbons (Fsp3) is 0.100. The highest BCUT2D eigenvalue weighted by Crippen LogP contribution is 2.06. The second kappa shape index (κ2) is 13.1. The molecule has 0 unspecified atom stereocenters. The van der Waals surface area contributed by atoms with Crippen LogP contribution in [0.25, 0.3) is 0 Å². The van der Waals surface area contributed by atoms with Crippen LogP contribution in [0.15, 0.2) is 67.1 Å². The highest BCUT2D eigenvalue weighted by atomic mass is 16.5. The minimum Gasteiger partial charge on any atom is -0.478 e. The lowest BCUT2D eigenvalue weighted by atomic mass is 10.3. The highest BCUT2D eigenvalue weighted by molar-refractivity contribution is 5.87. The molecule has 3 heterocycles. The van der Waals surface area contributed by atoms with E-state index in [-0.39, 0.29) is 23.6 Å². The van der Waals surface area contributed by atoms with Crippen molar-refractivity contribution >= 4 is 18.4 Å². The van der Waals surface area contributed by atoms with Crippen molar-refractivity contribution in [1.29, 1.82) is 0 Å². The molecule has 9 nitrogen and oxygen atoms in total. The first-order chi connectivity index (χ1) is 14.0. The van der Waals surface area contributed by atoms with Gasteiger partial charge in [0.05, 0.1) is 5.56 Å². The molecule has 2 N–H and O–H groups in total. The molecule has 0 aromatic carbocycles. The molecule has 0 aliphatic rings. The predicted octanol–water partition coefficient (Wildman–Crippen LogP) is 2.74. The molecule has 0 aliphatic carbocycles. The molecule has 0 saturated carbocycles. The average Bonchev–Trinajstić information content (AvgIpc) is 2.76. The second-order valence-corrected chi connectivity index (χ2v) is 5.10. The van der Waals surface area contributed by atoms with Crippen LogP contribution in [-0.4, -0.2) is 43.6 Å². The summed E-state index contributed by atoms with van der Waals surface area (Å²) in [4.78, 5) is 41.6. The van der Waals surface area contributed by atoms with Gasteiger partial charge in [0.1, 0.15) is 0 Å². The third-order valence-electron chi connectivity index (χ3n) is 3.11. The van der Waals surface area contributed by atoms with E-state index < -0.39 is 11.9 Å². The van der Waals surface area contributed by atoms with Crippen molar-refractivity contribution in [3.05, 3.63) is 84.1 Å². The second-order valence-electron chi connectivity index (χ2n) is 5.10. The normalized spacial score (nSPS) is 9.00. The molecule has 3 aromatic rings. The molecule has 0 spiro atoms. The Balaban J connectivity index is 0.000000223. The van der Waals surface area contributed by atoms with Gasteiger partial charge in [-0.05, 0) is 36.8 Å². The molecule has 29 heavy (non-hydrogen) atoms. The van der Waals surface area contributed by atoms with Crippen LogP contribution in [0.2, 0.25) is 0 Å². The zero-order valence-corrected chi connectivity index (χ0v) is 15.5. The Kier molecular flexibility index (Phi) is 10.3. The van der Waals surface area contributed by atoms with Crippen LogP contribution in [0, 0.1) is 0 Å². The summed E-state index contributed by atoms with van der Waals surface area (Å²) in [6.45, 7) is 2.29. The monoisotopic (exact) mass is 397 g/mol. The van der Waals surface area contributed by atoms with E-state index in [1.54, 1.807) is 6.07 Å². The number of hydrogen-bond donors (Lipinski definition) is 2. The highest BCUT2D eigenvalue weighted by Gasteiger charge is 2.04. The van der Waals surface area contributed by atoms with E-state index in [1.165, 1.54) is 36.7 Å². The van der Waals surface area contributed by atoms with Crippen molar-refractivity contribution < 1.29 is 29.3 Å². The molecule has 0 radical (unpaired) electrons. The van der Waals surface area contributed by atoms with Gasteiger partial charge in [-0.15, -0.1) is 0 Å². The van der Waals surface area contributed by atoms with Crippen LogP contribution >= 0.6 is 0 Å². The van der Waals surface area contributed by atoms with Gasteiger partial charge in [-0.3, -0.25) is 14.8 Å². The SMILES string of the molecule is CCc1ccccn1.O=C(O)c1cccnc1.O=COc1cccc(C(=O)O)n1. The molecule has 3 aromatic heterocycles. The Bertz CT molecular complexity index is 904. The standard InChI is InChI=1S/C7H5NO4.C7H9N.C6H5NO2/c9-4-12-6-3-1-2-5(8-6)7(10)11;1-2-7-5-3-4-6-8-7;8-6(9)5-2-1-3-7-4-5/h1-4H,(H,10,11);3-6H,2H2,1H3;1-4H,(H,8,9). The van der Waals surface area contributed by atoms with Gasteiger partial charge in [-0.2, -0.15) is 0 Å². The van der Waals surface area contributed by atoms with Gasteiger partial charge < -0.3 is 14.9 Å². The molecular formula is C20H19N3O6. The number of rotatable bonds is 5. The average molecular weight is 397 g/mol. The van der Waals surface area contributed by atoms with Crippen molar-refractivity contribution in [2.45, 2.75) is 13.3 Å². The third kappa shape index (κ3) is 9.38. The lowest BCUT2D eigenvalue weighted by molar-refractivity contribution is -0.120. The number of carboxylic acids is 2. The summed E-state index contributed by atoms with van der Waals surface area (Å²) >= 11 is 0. The summed E-state index contributed by atoms with van der Waals surface area (Å²) in [6, 6.07) is 13.2. The van der Waals surface area contributed by atoms with Gasteiger partial charge in [0, 0.05) is 30.4 Å². The molecular weight excluding hydrogens is 378 g/mol. The summed E-state index contributed by atoms with van der Waals surface area (Å²) in [7, 11) is 0. The lowest BCUT2D eigenvalue weighted by Crippen LogP contribution is -2.01. The van der Waals surface area contributed by atoms with Gasteiger partial charge in [0.2, 0.25) is 5.88 Å². The van der Waals surface area contributed by atoms with E-state index in [4.69, 9.17) is 10.2 Å². The Morgan fingerprint density at radius 1 is 1.00 bits per heavy atom. The fourth-order valence-electron chi connectivity index (χ4n) is 1.75. The van der Waals surface area contributed by atoms with Crippen LogP contribution < -0.4 is 4.74 Å². The zero-order chi connectivity index (χ0) is 21.5. The van der Waals surface area contributed by atoms with Gasteiger partial charge in [0.15, 0.2) is 5.69 Å². The number of ether oxygens (including phenoxy) is 1. The molecule has 3 rings (SSSR count). The van der Waals surface area contributed by atoms with Gasteiger partial charge in [-0.1, -0.05) is 19.1 Å². The van der Waals surface area contributed by atoms with Crippen LogP contribution in [0.5, 0.6) is 5.88 Å². The number of pyridine rings is 3. The minimum absolute atomic E-state index is 0.0232. The maximum atomic E-state index is 10.4. The zero-order valence-electron chi connectivity index (χ0n) is 15.5. The molecule has 0 fully saturated rings. The Hall–Kier alpha value is -4.14. The summed E-state index contributed by atoms with van der Waals surface area (Å²) in [5.74, 6) is -2.13. The van der Waals surface area contributed by atoms with Crippen LogP contribution in [0.1, 0.15) is 33.5 Å². The van der Waals surface area contributed by atoms with E-state index in [2.05, 4.69) is 26.6 Å². The minimum atomic E-state index is -1.16. The number of carbonyl (C=O) groups is 3. The number of nitrogens with zero attached hydrogens (tertiary/aromatic N) is 3. The first kappa shape index (κ1) is 22.9. The first-order valence-corrected chi connectivity index (χ1v) is 8.31. The molecule has 0 amide bonds. The number of carbonyl (C=O) groups excluding carboxylic acids is 1. The topological polar surface area (TPSA) is 140 Å². The number of aromatic nitrogens is 3. The lowest BCUT2D eigenvalue weighted by Gasteiger charge is -1.96. The molecule has 0 bridgehead atoms. The maximum Gasteiger partial charge on any atom is 0.354 e. The van der Waals surface area contributed by atoms with E-state index >= 15 is 0 Å². The smallest absolute Gasteiger partial charge is 0.354 e. The number of aromatic carboxylic acids is 2. The molecule has 0 saturated heterocycles. The van der Waals surface area contributed by atoms with Crippen LogP contribution in [0.3, 0.4) is 0 Å². The number of carboxylic acid groups (broad SMARTS) is 2. The molecule has 0 atom stereocenters. The van der Waals surface area contributed by atoms with Crippen LogP contribution in [0.4, 0.5) is 0 Å². The molecule has 150 valence electrons. The predicted molar refractivity (Wildman–Crippen MR) is 103 cm³/mol. The number of hydrogen-bond acceptors (Lipinski definition) is 7. The maximum absolute atomic E-state index is 10.4. The van der Waals surface area contributed by atoms with Crippen molar-refractivity contribution in [3.63, 3.8) is 0 Å². The van der Waals surface area contributed by atoms with Gasteiger partial charge >= 0.3 is 11.9 Å².